The molecular weight excluding hydrogens is 1460 g/mol. The first-order chi connectivity index (χ1) is 57.6. The zero-order valence-electron chi connectivity index (χ0n) is 68.9. The Kier molecular flexibility index (Phi) is 22.3. The van der Waals surface area contributed by atoms with Crippen molar-refractivity contribution in [1.82, 2.24) is 49.8 Å². The Bertz CT molecular complexity index is 5650. The van der Waals surface area contributed by atoms with Gasteiger partial charge in [-0.3, -0.25) is 0 Å². The predicted molar refractivity (Wildman–Crippen MR) is 481 cm³/mol. The van der Waals surface area contributed by atoms with Gasteiger partial charge < -0.3 is 49.0 Å². The van der Waals surface area contributed by atoms with Gasteiger partial charge in [-0.05, 0) is 209 Å². The van der Waals surface area contributed by atoms with E-state index in [1.54, 1.807) is 25.0 Å². The van der Waals surface area contributed by atoms with E-state index in [-0.39, 0.29) is 30.8 Å². The zero-order chi connectivity index (χ0) is 81.7. The lowest BCUT2D eigenvalue weighted by Crippen LogP contribution is -2.35. The van der Waals surface area contributed by atoms with Crippen molar-refractivity contribution < 1.29 is 0 Å². The monoisotopic (exact) mass is 1550 g/mol. The Morgan fingerprint density at radius 2 is 0.449 bits per heavy atom. The van der Waals surface area contributed by atoms with E-state index in [9.17, 15) is 0 Å². The molecule has 588 valence electrons. The SMILES string of the molecule is Cc1ccccc1N1c2cncnc2N(c2ccccc2)[C@@H]1C.Cc1ccccc1N1c2nc(C)c(C)nc2N(c2ccccc2)[C@@H]1C.Cc1ccccc1N1c2nccnc2N(c2ccccc2)[C@@H]1C.Cc1ccccc1N1c2ncncc2N(c2ccccc2)[C@@H]1C.Cc1cnc2c(n1)N(c1ccccc1C)[C@@H](C)N2c1ccccc1. The summed E-state index contributed by atoms with van der Waals surface area (Å²) in [6.07, 6.45) is 12.9. The molecule has 0 unspecified atom stereocenters. The van der Waals surface area contributed by atoms with Crippen molar-refractivity contribution in [2.24, 2.45) is 0 Å². The number of aryl methyl sites for hydroxylation is 8. The highest BCUT2D eigenvalue weighted by Crippen LogP contribution is 2.52. The number of anilines is 20. The second kappa shape index (κ2) is 34.0. The average molecular weight is 1550 g/mol. The molecule has 5 aliphatic heterocycles. The van der Waals surface area contributed by atoms with Crippen LogP contribution in [0.5, 0.6) is 0 Å². The van der Waals surface area contributed by atoms with Crippen LogP contribution in [0.15, 0.2) is 317 Å². The van der Waals surface area contributed by atoms with E-state index in [0.717, 1.165) is 103 Å². The molecule has 20 heteroatoms. The first-order valence-electron chi connectivity index (χ1n) is 40.1. The van der Waals surface area contributed by atoms with Crippen molar-refractivity contribution in [2.75, 3.05) is 49.0 Å². The van der Waals surface area contributed by atoms with Gasteiger partial charge in [-0.1, -0.05) is 182 Å². The maximum Gasteiger partial charge on any atom is 0.178 e. The lowest BCUT2D eigenvalue weighted by molar-refractivity contribution is 0.752. The van der Waals surface area contributed by atoms with Crippen LogP contribution < -0.4 is 49.0 Å². The molecule has 20 rings (SSSR count). The van der Waals surface area contributed by atoms with Crippen molar-refractivity contribution in [3.8, 4) is 0 Å². The summed E-state index contributed by atoms with van der Waals surface area (Å²) in [5.41, 5.74) is 22.6. The fourth-order valence-corrected chi connectivity index (χ4v) is 16.5. The molecule has 0 saturated heterocycles. The summed E-state index contributed by atoms with van der Waals surface area (Å²) in [6.45, 7) is 27.7. The number of nitrogens with zero attached hydrogens (tertiary/aromatic N) is 20. The van der Waals surface area contributed by atoms with Crippen molar-refractivity contribution >= 4 is 115 Å². The van der Waals surface area contributed by atoms with Gasteiger partial charge >= 0.3 is 0 Å². The molecule has 5 aliphatic rings. The second-order valence-corrected chi connectivity index (χ2v) is 29.8. The van der Waals surface area contributed by atoms with Crippen molar-refractivity contribution in [3.63, 3.8) is 0 Å². The molecule has 0 bridgehead atoms. The maximum atomic E-state index is 4.90. The second-order valence-electron chi connectivity index (χ2n) is 29.8. The number of fused-ring (bicyclic) bond motifs is 5. The molecule has 20 nitrogen and oxygen atoms in total. The standard InChI is InChI=1S/C21H22N4.C20H20N4.3C19H18N4/c1-14-10-8-9-13-19(14)25-17(4)24(18-11-6-5-7-12-18)20-21(25)23-16(3)15(2)22-20;1-14-9-7-8-12-18(14)24-16(3)23(17-10-5-4-6-11-17)19-20(24)22-15(2)13-21-19;1-14-8-6-7-11-17(14)23-15(2)22(16-9-4-3-5-10-16)19-18(23)12-20-13-21-19;1-14-8-6-7-11-17(14)23-15(2)22(16-9-4-3-5-10-16)18-12-20-13-21-19(18)23;1-14-8-6-7-11-17(14)23-15(2)22(16-9-4-3-5-10-16)18-19(23)21-13-12-20-18/h5-13,17H,1-4H3;4-13,16H,1-3H3;3*3-13,15H,1-2H3/t17-;16-;3*15-/m00000/s1. The topological polar surface area (TPSA) is 161 Å². The number of rotatable bonds is 10. The molecule has 0 N–H and O–H groups in total. The van der Waals surface area contributed by atoms with Gasteiger partial charge in [0.15, 0.2) is 46.5 Å². The molecule has 0 radical (unpaired) electrons. The van der Waals surface area contributed by atoms with Crippen LogP contribution in [0.4, 0.5) is 115 Å². The minimum absolute atomic E-state index is 0.0969. The molecule has 5 atom stereocenters. The molecular formula is C98H96N20. The highest BCUT2D eigenvalue weighted by atomic mass is 15.5. The highest BCUT2D eigenvalue weighted by molar-refractivity contribution is 5.90. The Hall–Kier alpha value is -14.4. The first kappa shape index (κ1) is 77.5. The van der Waals surface area contributed by atoms with Crippen LogP contribution in [0, 0.1) is 55.4 Å². The van der Waals surface area contributed by atoms with Gasteiger partial charge in [0.2, 0.25) is 0 Å². The van der Waals surface area contributed by atoms with E-state index in [0.29, 0.717) is 0 Å². The first-order valence-corrected chi connectivity index (χ1v) is 40.1. The van der Waals surface area contributed by atoms with Crippen molar-refractivity contribution in [3.05, 3.63) is 362 Å². The number of hydrogen-bond acceptors (Lipinski definition) is 20. The third kappa shape index (κ3) is 14.9. The van der Waals surface area contributed by atoms with Gasteiger partial charge in [0, 0.05) is 69.3 Å². The number of benzene rings is 10. The summed E-state index contributed by atoms with van der Waals surface area (Å²) in [6, 6.07) is 94.0. The molecule has 0 amide bonds. The van der Waals surface area contributed by atoms with Crippen LogP contribution in [0.3, 0.4) is 0 Å². The molecule has 0 spiro atoms. The molecule has 0 saturated carbocycles. The number of hydrogen-bond donors (Lipinski definition) is 0. The van der Waals surface area contributed by atoms with Crippen LogP contribution in [-0.2, 0) is 0 Å². The molecule has 0 aliphatic carbocycles. The molecule has 10 heterocycles. The summed E-state index contributed by atoms with van der Waals surface area (Å²) < 4.78 is 0. The van der Waals surface area contributed by atoms with Gasteiger partial charge in [-0.15, -0.1) is 0 Å². The fraction of sp³-hybridized carbons (Fsp3) is 0.184. The lowest BCUT2D eigenvalue weighted by atomic mass is 10.1. The van der Waals surface area contributed by atoms with E-state index in [2.05, 4.69) is 391 Å². The summed E-state index contributed by atoms with van der Waals surface area (Å²) in [4.78, 5) is 68.7. The molecule has 0 fully saturated rings. The van der Waals surface area contributed by atoms with Gasteiger partial charge in [0.05, 0.1) is 35.7 Å². The van der Waals surface area contributed by atoms with Crippen LogP contribution in [0.2, 0.25) is 0 Å². The number of aromatic nitrogens is 10. The van der Waals surface area contributed by atoms with E-state index >= 15 is 0 Å². The quantitative estimate of drug-likeness (QED) is 0.127. The smallest absolute Gasteiger partial charge is 0.178 e. The van der Waals surface area contributed by atoms with Gasteiger partial charge in [-0.2, -0.15) is 0 Å². The third-order valence-corrected chi connectivity index (χ3v) is 22.3. The predicted octanol–water partition coefficient (Wildman–Crippen LogP) is 23.0. The van der Waals surface area contributed by atoms with Crippen molar-refractivity contribution in [1.29, 1.82) is 0 Å². The van der Waals surface area contributed by atoms with Gasteiger partial charge in [0.1, 0.15) is 54.9 Å². The van der Waals surface area contributed by atoms with E-state index in [4.69, 9.17) is 19.9 Å². The van der Waals surface area contributed by atoms with Crippen LogP contribution in [0.1, 0.15) is 79.5 Å². The summed E-state index contributed by atoms with van der Waals surface area (Å²) in [7, 11) is 0. The van der Waals surface area contributed by atoms with Gasteiger partial charge in [-0.25, -0.2) is 49.8 Å². The van der Waals surface area contributed by atoms with E-state index in [1.165, 1.54) is 56.3 Å². The largest absolute Gasteiger partial charge is 0.316 e. The van der Waals surface area contributed by atoms with Crippen molar-refractivity contribution in [2.45, 2.75) is 121 Å². The lowest BCUT2D eigenvalue weighted by Gasteiger charge is -2.30. The highest BCUT2D eigenvalue weighted by Gasteiger charge is 2.43. The summed E-state index contributed by atoms with van der Waals surface area (Å²) in [5.74, 6) is 7.36. The van der Waals surface area contributed by atoms with Crippen LogP contribution >= 0.6 is 0 Å². The zero-order valence-corrected chi connectivity index (χ0v) is 68.9. The Morgan fingerprint density at radius 1 is 0.203 bits per heavy atom. The van der Waals surface area contributed by atoms with E-state index in [1.807, 2.05) is 69.7 Å². The third-order valence-electron chi connectivity index (χ3n) is 22.3. The average Bonchev–Trinajstić information content (AvgIpc) is 1.58. The molecule has 5 aromatic heterocycles. The minimum atomic E-state index is 0.0969. The van der Waals surface area contributed by atoms with E-state index < -0.39 is 0 Å². The normalized spacial score (nSPS) is 16.4. The molecule has 10 aromatic carbocycles. The fourth-order valence-electron chi connectivity index (χ4n) is 16.5. The summed E-state index contributed by atoms with van der Waals surface area (Å²) >= 11 is 0. The Morgan fingerprint density at radius 3 is 0.822 bits per heavy atom. The maximum absolute atomic E-state index is 4.90. The van der Waals surface area contributed by atoms with Crippen LogP contribution in [-0.4, -0.2) is 80.7 Å². The molecule has 15 aromatic rings. The minimum Gasteiger partial charge on any atom is -0.316 e. The summed E-state index contributed by atoms with van der Waals surface area (Å²) in [5, 5.41) is 0. The Balaban J connectivity index is 0.000000110. The number of para-hydroxylation sites is 10. The molecule has 118 heavy (non-hydrogen) atoms. The van der Waals surface area contributed by atoms with Crippen LogP contribution in [0.25, 0.3) is 0 Å². The Labute approximate surface area is 692 Å². The van der Waals surface area contributed by atoms with Gasteiger partial charge in [0.25, 0.3) is 0 Å².